The highest BCUT2D eigenvalue weighted by atomic mass is 16.5. The normalized spacial score (nSPS) is 16.4. The Balaban J connectivity index is 0.852. The second kappa shape index (κ2) is 19.9. The third-order valence-corrected chi connectivity index (χ3v) is 24.4. The average molecular weight is 1310 g/mol. The van der Waals surface area contributed by atoms with Crippen molar-refractivity contribution in [3.05, 3.63) is 340 Å². The molecule has 1 atom stereocenters. The standard InChI is InChI=1S/C96H69N3O3/c1-54-24-9-18-34-74(54)97(56-41-46-79-65(50-56)87-82(100-79)48-44-61-59-26-11-14-29-67(59)93(3,4)89(61)87)58-40-43-64-72(52-58)96(70-32-17-20-36-76(70)99-77-37-21-22-38-81(77)102-84-39-23-33-71(96)92(84)99)73-53-78(86-63-28-13-16-31-69(63)95(7,8)91(86)85(64)73)98(75-35-19-10-25-55(75)2)57-42-47-80-66(51-57)88-83(101-80)49-45-62-60-27-12-15-30-68(60)94(5,6)90(62)88/h9-53H,1-8H3. The fraction of sp³-hybridized carbons (Fsp3) is 0.125. The van der Waals surface area contributed by atoms with Crippen molar-refractivity contribution in [3.63, 3.8) is 0 Å². The molecule has 102 heavy (non-hydrogen) atoms. The summed E-state index contributed by atoms with van der Waals surface area (Å²) in [5.41, 5.74) is 36.3. The summed E-state index contributed by atoms with van der Waals surface area (Å²) in [6, 6.07) is 102. The van der Waals surface area contributed by atoms with E-state index >= 15 is 0 Å². The molecule has 6 heteroatoms. The van der Waals surface area contributed by atoms with E-state index in [0.717, 1.165) is 112 Å². The lowest BCUT2D eigenvalue weighted by Gasteiger charge is -2.47. The van der Waals surface area contributed by atoms with E-state index in [-0.39, 0.29) is 10.8 Å². The molecule has 4 heterocycles. The largest absolute Gasteiger partial charge is 0.456 e. The van der Waals surface area contributed by atoms with E-state index in [1.165, 1.54) is 105 Å². The monoisotopic (exact) mass is 1310 g/mol. The SMILES string of the molecule is Cc1ccccc1N(c1ccc2c(c1)C1(c3ccccc3N3c4ccccc4Oc4cccc1c43)c1cc(N(c3ccc4oc5ccc6c(c5c4c3)C(C)(C)c3ccccc3-6)c3ccccc3C)c3c(c1-2)C(C)(C)c1ccccc1-3)c1ccc2oc3ccc4c(c3c2c1)C(C)(C)c1ccccc1-4. The molecule has 1 unspecified atom stereocenters. The van der Waals surface area contributed by atoms with Crippen molar-refractivity contribution in [2.75, 3.05) is 14.7 Å². The molecule has 22 rings (SSSR count). The van der Waals surface area contributed by atoms with Gasteiger partial charge in [0, 0.05) is 71.8 Å². The van der Waals surface area contributed by atoms with E-state index < -0.39 is 10.8 Å². The summed E-state index contributed by atoms with van der Waals surface area (Å²) >= 11 is 0. The van der Waals surface area contributed by atoms with Crippen molar-refractivity contribution >= 4 is 95.1 Å². The first kappa shape index (κ1) is 57.8. The van der Waals surface area contributed by atoms with Crippen LogP contribution in [0.2, 0.25) is 0 Å². The summed E-state index contributed by atoms with van der Waals surface area (Å²) in [6.45, 7) is 19.0. The van der Waals surface area contributed by atoms with Gasteiger partial charge >= 0.3 is 0 Å². The van der Waals surface area contributed by atoms with Crippen LogP contribution in [0.4, 0.5) is 51.2 Å². The van der Waals surface area contributed by atoms with Crippen LogP contribution in [0, 0.1) is 13.8 Å². The molecule has 6 aliphatic rings. The lowest BCUT2D eigenvalue weighted by molar-refractivity contribution is 0.473. The fourth-order valence-corrected chi connectivity index (χ4v) is 20.1. The van der Waals surface area contributed by atoms with Gasteiger partial charge in [-0.2, -0.15) is 0 Å². The van der Waals surface area contributed by atoms with E-state index in [9.17, 15) is 0 Å². The molecule has 486 valence electrons. The number of para-hydroxylation sites is 6. The minimum atomic E-state index is -0.949. The van der Waals surface area contributed by atoms with Gasteiger partial charge in [-0.05, 0) is 223 Å². The van der Waals surface area contributed by atoms with Crippen molar-refractivity contribution < 1.29 is 13.6 Å². The number of rotatable bonds is 6. The van der Waals surface area contributed by atoms with Gasteiger partial charge in [0.15, 0.2) is 11.5 Å². The minimum Gasteiger partial charge on any atom is -0.456 e. The zero-order chi connectivity index (χ0) is 68.2. The number of ether oxygens (including phenoxy) is 1. The van der Waals surface area contributed by atoms with Crippen molar-refractivity contribution in [3.8, 4) is 56.0 Å². The van der Waals surface area contributed by atoms with Crippen LogP contribution in [0.3, 0.4) is 0 Å². The lowest BCUT2D eigenvalue weighted by Crippen LogP contribution is -2.37. The minimum absolute atomic E-state index is 0.257. The topological polar surface area (TPSA) is 45.2 Å². The number of hydrogen-bond donors (Lipinski definition) is 0. The Morgan fingerprint density at radius 1 is 0.304 bits per heavy atom. The zero-order valence-corrected chi connectivity index (χ0v) is 58.0. The number of anilines is 9. The third kappa shape index (κ3) is 7.18. The molecule has 6 nitrogen and oxygen atoms in total. The van der Waals surface area contributed by atoms with Gasteiger partial charge in [0.25, 0.3) is 0 Å². The Morgan fingerprint density at radius 3 is 1.38 bits per heavy atom. The molecular weight excluding hydrogens is 1240 g/mol. The number of nitrogens with zero attached hydrogens (tertiary/aromatic N) is 3. The van der Waals surface area contributed by atoms with Crippen molar-refractivity contribution in [2.45, 2.75) is 77.0 Å². The first-order valence-corrected chi connectivity index (χ1v) is 35.9. The van der Waals surface area contributed by atoms with Gasteiger partial charge in [0.2, 0.25) is 0 Å². The summed E-state index contributed by atoms with van der Waals surface area (Å²) < 4.78 is 21.1. The number of fused-ring (bicyclic) bond motifs is 29. The van der Waals surface area contributed by atoms with Gasteiger partial charge in [0.05, 0.1) is 28.2 Å². The third-order valence-electron chi connectivity index (χ3n) is 24.4. The van der Waals surface area contributed by atoms with Crippen LogP contribution >= 0.6 is 0 Å². The Labute approximate surface area is 592 Å². The van der Waals surface area contributed by atoms with Gasteiger partial charge < -0.3 is 28.3 Å². The highest BCUT2D eigenvalue weighted by Gasteiger charge is 2.57. The first-order chi connectivity index (χ1) is 49.7. The van der Waals surface area contributed by atoms with Gasteiger partial charge in [-0.15, -0.1) is 0 Å². The van der Waals surface area contributed by atoms with E-state index in [2.05, 4.69) is 343 Å². The van der Waals surface area contributed by atoms with Crippen LogP contribution in [0.15, 0.2) is 282 Å². The van der Waals surface area contributed by atoms with Gasteiger partial charge in [-0.3, -0.25) is 0 Å². The number of hydrogen-bond acceptors (Lipinski definition) is 6. The quantitative estimate of drug-likeness (QED) is 0.165. The van der Waals surface area contributed by atoms with Gasteiger partial charge in [0.1, 0.15) is 22.3 Å². The molecule has 0 radical (unpaired) electrons. The Kier molecular flexibility index (Phi) is 11.2. The lowest BCUT2D eigenvalue weighted by atomic mass is 9.64. The number of aryl methyl sites for hydroxylation is 2. The summed E-state index contributed by atoms with van der Waals surface area (Å²) in [6.07, 6.45) is 0. The molecule has 0 N–H and O–H groups in total. The fourth-order valence-electron chi connectivity index (χ4n) is 20.1. The predicted molar refractivity (Wildman–Crippen MR) is 418 cm³/mol. The highest BCUT2D eigenvalue weighted by molar-refractivity contribution is 6.15. The van der Waals surface area contributed by atoms with Gasteiger partial charge in [-0.1, -0.05) is 211 Å². The van der Waals surface area contributed by atoms with Crippen molar-refractivity contribution in [1.29, 1.82) is 0 Å². The van der Waals surface area contributed by atoms with Crippen molar-refractivity contribution in [2.24, 2.45) is 0 Å². The molecule has 0 fully saturated rings. The number of benzene rings is 14. The Hall–Kier alpha value is -12.1. The average Bonchev–Trinajstić information content (AvgIpc) is 1.45. The molecule has 0 saturated carbocycles. The molecule has 2 aliphatic heterocycles. The molecule has 1 spiro atoms. The smallest absolute Gasteiger partial charge is 0.151 e. The summed E-state index contributed by atoms with van der Waals surface area (Å²) in [7, 11) is 0. The summed E-state index contributed by atoms with van der Waals surface area (Å²) in [5.74, 6) is 1.64. The maximum atomic E-state index is 7.21. The van der Waals surface area contributed by atoms with E-state index in [1.54, 1.807) is 0 Å². The molecular formula is C96H69N3O3. The molecule has 16 aromatic rings. The van der Waals surface area contributed by atoms with Crippen LogP contribution in [0.1, 0.15) is 108 Å². The summed E-state index contributed by atoms with van der Waals surface area (Å²) in [4.78, 5) is 7.59. The second-order valence-electron chi connectivity index (χ2n) is 30.7. The molecule has 2 aromatic heterocycles. The van der Waals surface area contributed by atoms with Gasteiger partial charge in [-0.25, -0.2) is 0 Å². The maximum Gasteiger partial charge on any atom is 0.151 e. The van der Waals surface area contributed by atoms with Crippen LogP contribution < -0.4 is 19.4 Å². The predicted octanol–water partition coefficient (Wildman–Crippen LogP) is 26.2. The van der Waals surface area contributed by atoms with Crippen LogP contribution in [0.25, 0.3) is 88.4 Å². The molecule has 0 bridgehead atoms. The summed E-state index contributed by atoms with van der Waals surface area (Å²) in [5, 5.41) is 4.54. The molecule has 4 aliphatic carbocycles. The van der Waals surface area contributed by atoms with Crippen LogP contribution in [-0.4, -0.2) is 0 Å². The molecule has 0 saturated heterocycles. The maximum absolute atomic E-state index is 7.21. The second-order valence-corrected chi connectivity index (χ2v) is 30.7. The van der Waals surface area contributed by atoms with Crippen LogP contribution in [-0.2, 0) is 21.7 Å². The van der Waals surface area contributed by atoms with E-state index in [0.29, 0.717) is 0 Å². The zero-order valence-electron chi connectivity index (χ0n) is 58.0. The molecule has 0 amide bonds. The Morgan fingerprint density at radius 2 is 0.755 bits per heavy atom. The molecule has 14 aromatic carbocycles. The van der Waals surface area contributed by atoms with Crippen molar-refractivity contribution in [1.82, 2.24) is 0 Å². The first-order valence-electron chi connectivity index (χ1n) is 35.9. The highest BCUT2D eigenvalue weighted by Crippen LogP contribution is 2.71. The Bertz CT molecular complexity index is 6470. The van der Waals surface area contributed by atoms with E-state index in [1.807, 2.05) is 0 Å². The van der Waals surface area contributed by atoms with Crippen LogP contribution in [0.5, 0.6) is 11.5 Å². The number of furan rings is 2. The van der Waals surface area contributed by atoms with E-state index in [4.69, 9.17) is 13.6 Å².